The Morgan fingerprint density at radius 3 is 1.41 bits per heavy atom. The van der Waals surface area contributed by atoms with Gasteiger partial charge in [0.1, 0.15) is 13.2 Å². The predicted molar refractivity (Wildman–Crippen MR) is 128 cm³/mol. The Hall–Kier alpha value is -0.126. The van der Waals surface area contributed by atoms with Crippen LogP contribution in [0.25, 0.3) is 0 Å². The lowest BCUT2D eigenvalue weighted by Gasteiger charge is -2.35. The zero-order valence-corrected chi connectivity index (χ0v) is 23.2. The van der Waals surface area contributed by atoms with Crippen LogP contribution in [0.15, 0.2) is 0 Å². The zero-order valence-electron chi connectivity index (χ0n) is 21.4. The fraction of sp³-hybridized carbons (Fsp3) is 0.900. The smallest absolute Gasteiger partial charge is 0.192 e. The summed E-state index contributed by atoms with van der Waals surface area (Å²) < 4.78 is 21.2. The molecule has 9 heteroatoms. The third-order valence-electron chi connectivity index (χ3n) is 4.93. The van der Waals surface area contributed by atoms with Crippen LogP contribution >= 0.6 is 11.1 Å². The number of carbonyl (C=O) groups is 2. The van der Waals surface area contributed by atoms with Crippen molar-refractivity contribution in [2.24, 2.45) is 0 Å². The minimum atomic E-state index is -1.70. The number of hydrogen-bond donors (Lipinski definition) is 2. The van der Waals surface area contributed by atoms with Gasteiger partial charge in [0.25, 0.3) is 0 Å². The van der Waals surface area contributed by atoms with Crippen molar-refractivity contribution in [3.8, 4) is 0 Å². The minimum absolute atomic E-state index is 0.195. The molecular formula is C20H46ClFO5Si2. The molecule has 0 aromatic heterocycles. The zero-order chi connectivity index (χ0) is 25.4. The molecule has 0 atom stereocenters. The monoisotopic (exact) mass is 477 g/mol. The first-order valence-electron chi connectivity index (χ1n) is 10.3. The van der Waals surface area contributed by atoms with E-state index in [2.05, 4.69) is 67.7 Å². The van der Waals surface area contributed by atoms with Gasteiger partial charge in [-0.1, -0.05) is 61.6 Å². The molecule has 5 nitrogen and oxygen atoms in total. The first kappa shape index (κ1) is 33.5. The Balaban J connectivity index is -0.000000170. The van der Waals surface area contributed by atoms with Gasteiger partial charge in [-0.25, -0.2) is 0 Å². The second kappa shape index (κ2) is 16.6. The Labute approximate surface area is 186 Å². The summed E-state index contributed by atoms with van der Waals surface area (Å²) in [6.45, 7) is 22.9. The topological polar surface area (TPSA) is 83.8 Å². The van der Waals surface area contributed by atoms with Gasteiger partial charge in [-0.05, 0) is 23.2 Å². The summed E-state index contributed by atoms with van der Waals surface area (Å²) in [7, 11) is -4.09. The summed E-state index contributed by atoms with van der Waals surface area (Å²) in [6, 6.07) is 0. The van der Waals surface area contributed by atoms with E-state index in [9.17, 15) is 14.0 Å². The Morgan fingerprint density at radius 1 is 0.966 bits per heavy atom. The molecule has 0 fully saturated rings. The van der Waals surface area contributed by atoms with Crippen molar-refractivity contribution in [1.82, 2.24) is 0 Å². The number of rotatable bonds is 6. The molecule has 0 bridgehead atoms. The number of aliphatic hydroxyl groups is 2. The van der Waals surface area contributed by atoms with Gasteiger partial charge >= 0.3 is 0 Å². The van der Waals surface area contributed by atoms with E-state index in [1.807, 2.05) is 6.92 Å². The van der Waals surface area contributed by atoms with Crippen molar-refractivity contribution >= 4 is 38.3 Å². The molecule has 0 aliphatic carbocycles. The highest BCUT2D eigenvalue weighted by atomic mass is 35.6. The van der Waals surface area contributed by atoms with Crippen molar-refractivity contribution in [3.63, 3.8) is 0 Å². The van der Waals surface area contributed by atoms with Crippen LogP contribution in [0.1, 0.15) is 56.3 Å². The summed E-state index contributed by atoms with van der Waals surface area (Å²) in [5.74, 6) is -0.347. The van der Waals surface area contributed by atoms with Crippen molar-refractivity contribution in [2.45, 2.75) is 91.2 Å². The van der Waals surface area contributed by atoms with Gasteiger partial charge in [-0.3, -0.25) is 14.0 Å². The van der Waals surface area contributed by atoms with Gasteiger partial charge in [0, 0.05) is 6.42 Å². The van der Waals surface area contributed by atoms with Crippen molar-refractivity contribution < 1.29 is 30.0 Å². The highest BCUT2D eigenvalue weighted by Gasteiger charge is 2.37. The third-order valence-corrected chi connectivity index (χ3v) is 14.7. The maximum absolute atomic E-state index is 11.1. The van der Waals surface area contributed by atoms with Crippen LogP contribution in [-0.2, 0) is 14.0 Å². The summed E-state index contributed by atoms with van der Waals surface area (Å²) in [4.78, 5) is 20.8. The Morgan fingerprint density at radius 2 is 1.28 bits per heavy atom. The molecule has 29 heavy (non-hydrogen) atoms. The van der Waals surface area contributed by atoms with E-state index in [1.165, 1.54) is 0 Å². The van der Waals surface area contributed by atoms with Crippen LogP contribution in [0, 0.1) is 0 Å². The Bertz CT molecular complexity index is 442. The molecule has 0 spiro atoms. The number of aliphatic hydroxyl groups excluding tert-OH is 2. The van der Waals surface area contributed by atoms with E-state index >= 15 is 0 Å². The van der Waals surface area contributed by atoms with Crippen LogP contribution in [0.3, 0.4) is 0 Å². The fourth-order valence-corrected chi connectivity index (χ4v) is 1.58. The molecule has 0 amide bonds. The number of carbonyl (C=O) groups excluding carboxylic acids is 2. The van der Waals surface area contributed by atoms with Crippen molar-refractivity contribution in [1.29, 1.82) is 0 Å². The molecule has 0 aromatic rings. The molecular weight excluding hydrogens is 431 g/mol. The summed E-state index contributed by atoms with van der Waals surface area (Å²) >= 11 is 6.15. The highest BCUT2D eigenvalue weighted by Crippen LogP contribution is 2.38. The summed E-state index contributed by atoms with van der Waals surface area (Å²) in [6.07, 6.45) is 0.578. The highest BCUT2D eigenvalue weighted by molar-refractivity contribution is 7.20. The van der Waals surface area contributed by atoms with Crippen molar-refractivity contribution in [3.05, 3.63) is 0 Å². The maximum Gasteiger partial charge on any atom is 0.192 e. The van der Waals surface area contributed by atoms with Crippen LogP contribution in [0.2, 0.25) is 36.3 Å². The molecule has 0 rings (SSSR count). The average Bonchev–Trinajstić information content (AvgIpc) is 2.58. The molecule has 0 aromatic carbocycles. The lowest BCUT2D eigenvalue weighted by molar-refractivity contribution is -0.124. The molecule has 2 N–H and O–H groups in total. The van der Waals surface area contributed by atoms with Gasteiger partial charge in [0.05, 0.1) is 15.1 Å². The number of halogens is 2. The fourth-order valence-electron chi connectivity index (χ4n) is 0.629. The number of alkyl halides is 1. The largest absolute Gasteiger partial charge is 0.410 e. The van der Waals surface area contributed by atoms with Crippen LogP contribution < -0.4 is 0 Å². The van der Waals surface area contributed by atoms with E-state index in [1.54, 1.807) is 0 Å². The number of Topliss-reactive ketones (excluding diaryl/α,β-unsaturated/α-hetero) is 2. The molecule has 0 radical (unpaired) electrons. The quantitative estimate of drug-likeness (QED) is 0.398. The van der Waals surface area contributed by atoms with E-state index < -0.39 is 41.9 Å². The van der Waals surface area contributed by atoms with Crippen LogP contribution in [-0.4, -0.2) is 64.5 Å². The first-order chi connectivity index (χ1) is 13.2. The normalized spacial score (nSPS) is 12.2. The van der Waals surface area contributed by atoms with Gasteiger partial charge in [0.15, 0.2) is 27.3 Å². The standard InChI is InChI=1S/C10H22O2Si.C6H15ClSi.C3H6O3.CH3F/c1-7-9(11)8-12-13(5,6)10(2,3)4;1-6(2,3)8(4,5)7;4-1-3(6)2-5;1-2/h7-8H2,1-6H3;1-5H3;4-5H,1-2H2;1H3/i;;;1D. The summed E-state index contributed by atoms with van der Waals surface area (Å²) in [5.41, 5.74) is 0. The molecule has 0 aliphatic heterocycles. The SMILES string of the molecule is CC(C)(C)[Si](C)(C)Cl.CCC(=O)CO[Si](C)(C)C(C)(C)C.O=C(CO)CO.[2H]CF. The second-order valence-electron chi connectivity index (χ2n) is 9.52. The number of hydrogen-bond acceptors (Lipinski definition) is 5. The van der Waals surface area contributed by atoms with E-state index in [0.717, 1.165) is 0 Å². The lowest BCUT2D eigenvalue weighted by Crippen LogP contribution is -2.42. The minimum Gasteiger partial charge on any atom is -0.410 e. The third kappa shape index (κ3) is 20.9. The average molecular weight is 478 g/mol. The molecule has 178 valence electrons. The van der Waals surface area contributed by atoms with E-state index in [4.69, 9.17) is 27.1 Å². The molecule has 0 unspecified atom stereocenters. The lowest BCUT2D eigenvalue weighted by atomic mass is 10.2. The molecule has 0 saturated heterocycles. The maximum atomic E-state index is 11.1. The van der Waals surface area contributed by atoms with Crippen LogP contribution in [0.4, 0.5) is 4.39 Å². The van der Waals surface area contributed by atoms with Gasteiger partial charge in [-0.2, -0.15) is 11.1 Å². The van der Waals surface area contributed by atoms with Crippen LogP contribution in [0.5, 0.6) is 0 Å². The van der Waals surface area contributed by atoms with Gasteiger partial charge in [0.2, 0.25) is 0 Å². The molecule has 0 saturated carbocycles. The number of ketones is 2. The summed E-state index contributed by atoms with van der Waals surface area (Å²) in [5, 5.41) is 16.2. The molecule has 0 heterocycles. The predicted octanol–water partition coefficient (Wildman–Crippen LogP) is 5.34. The van der Waals surface area contributed by atoms with E-state index in [0.29, 0.717) is 18.1 Å². The van der Waals surface area contributed by atoms with Crippen molar-refractivity contribution in [2.75, 3.05) is 27.0 Å². The van der Waals surface area contributed by atoms with E-state index in [-0.39, 0.29) is 10.8 Å². The van der Waals surface area contributed by atoms with Gasteiger partial charge < -0.3 is 14.6 Å². The second-order valence-corrected chi connectivity index (χ2v) is 21.6. The first-order valence-corrected chi connectivity index (χ1v) is 16.5. The van der Waals surface area contributed by atoms with Gasteiger partial charge in [-0.15, -0.1) is 0 Å². The molecule has 0 aliphatic rings. The Kier molecular flexibility index (Phi) is 19.1.